The number of ether oxygens (including phenoxy) is 1. The molecule has 1 atom stereocenters. The second-order valence-corrected chi connectivity index (χ2v) is 14.8. The number of carbonyl (C=O) groups excluding carboxylic acids is 3. The van der Waals surface area contributed by atoms with E-state index in [1.165, 1.54) is 0 Å². The number of likely N-dealkylation sites (N-methyl/N-ethyl adjacent to an activating group) is 1. The number of nitrogens with zero attached hydrogens (tertiary/aromatic N) is 5. The molecule has 4 aliphatic rings. The summed E-state index contributed by atoms with van der Waals surface area (Å²) in [7, 11) is 2.17. The first-order valence-corrected chi connectivity index (χ1v) is 18.0. The molecule has 0 saturated carbocycles. The number of hydrogen-bond acceptors (Lipinski definition) is 7. The number of halogens is 2. The largest absolute Gasteiger partial charge is 0.436 e. The highest BCUT2D eigenvalue weighted by molar-refractivity contribution is 9.13. The summed E-state index contributed by atoms with van der Waals surface area (Å²) in [4.78, 5) is 50.5. The van der Waals surface area contributed by atoms with E-state index in [1.54, 1.807) is 16.2 Å². The molecule has 13 heteroatoms. The molecule has 5 heterocycles. The van der Waals surface area contributed by atoms with Gasteiger partial charge in [-0.15, -0.1) is 11.3 Å². The smallest absolute Gasteiger partial charge is 0.410 e. The van der Waals surface area contributed by atoms with Crippen molar-refractivity contribution < 1.29 is 19.1 Å². The zero-order valence-electron chi connectivity index (χ0n) is 25.1. The molecule has 0 radical (unpaired) electrons. The van der Waals surface area contributed by atoms with Gasteiger partial charge in [-0.05, 0) is 87.7 Å². The fourth-order valence-corrected chi connectivity index (χ4v) is 8.20. The summed E-state index contributed by atoms with van der Waals surface area (Å²) in [6.45, 7) is 7.19. The van der Waals surface area contributed by atoms with Crippen molar-refractivity contribution in [1.82, 2.24) is 24.5 Å². The fraction of sp³-hybridized carbons (Fsp3) is 0.581. The van der Waals surface area contributed by atoms with Crippen molar-refractivity contribution in [3.8, 4) is 0 Å². The van der Waals surface area contributed by atoms with Crippen LogP contribution >= 0.6 is 43.2 Å². The van der Waals surface area contributed by atoms with E-state index < -0.39 is 12.2 Å². The monoisotopic (exact) mass is 750 g/mol. The van der Waals surface area contributed by atoms with Crippen LogP contribution in [-0.2, 0) is 22.5 Å². The Kier molecular flexibility index (Phi) is 10.2. The van der Waals surface area contributed by atoms with Crippen molar-refractivity contribution >= 4 is 66.9 Å². The van der Waals surface area contributed by atoms with Crippen molar-refractivity contribution in [2.45, 2.75) is 56.8 Å². The van der Waals surface area contributed by atoms with Gasteiger partial charge < -0.3 is 29.7 Å². The third-order valence-corrected chi connectivity index (χ3v) is 12.2. The number of likely N-dealkylation sites (tertiary alicyclic amines) is 2. The number of amides is 4. The lowest BCUT2D eigenvalue weighted by Crippen LogP contribution is -2.54. The second-order valence-electron chi connectivity index (χ2n) is 12.3. The van der Waals surface area contributed by atoms with Gasteiger partial charge >= 0.3 is 12.1 Å². The molecule has 4 aliphatic heterocycles. The van der Waals surface area contributed by atoms with Crippen LogP contribution in [0.25, 0.3) is 0 Å². The van der Waals surface area contributed by atoms with Crippen LogP contribution in [0, 0.1) is 0 Å². The second kappa shape index (κ2) is 14.1. The molecular formula is C31H40Br2N6O4S. The quantitative estimate of drug-likeness (QED) is 0.444. The van der Waals surface area contributed by atoms with Crippen LogP contribution in [-0.4, -0.2) is 120 Å². The molecule has 0 bridgehead atoms. The van der Waals surface area contributed by atoms with Crippen LogP contribution in [0.5, 0.6) is 0 Å². The number of fused-ring (bicyclic) bond motifs is 1. The third-order valence-electron chi connectivity index (χ3n) is 9.50. The van der Waals surface area contributed by atoms with Crippen molar-refractivity contribution in [3.63, 3.8) is 0 Å². The molecular weight excluding hydrogens is 712 g/mol. The molecule has 44 heavy (non-hydrogen) atoms. The summed E-state index contributed by atoms with van der Waals surface area (Å²) in [5.74, 6) is -0.124. The van der Waals surface area contributed by atoms with Gasteiger partial charge in [0.05, 0.1) is 12.2 Å². The number of piperidine rings is 2. The third kappa shape index (κ3) is 7.27. The number of urea groups is 1. The van der Waals surface area contributed by atoms with Gasteiger partial charge in [0.25, 0.3) is 5.91 Å². The lowest BCUT2D eigenvalue weighted by atomic mass is 10.0. The average Bonchev–Trinajstić information content (AvgIpc) is 3.49. The lowest BCUT2D eigenvalue weighted by molar-refractivity contribution is -0.142. The van der Waals surface area contributed by atoms with E-state index >= 15 is 0 Å². The van der Waals surface area contributed by atoms with E-state index in [4.69, 9.17) is 4.74 Å². The van der Waals surface area contributed by atoms with E-state index in [-0.39, 0.29) is 18.0 Å². The average molecular weight is 753 g/mol. The SMILES string of the molecule is CN1CCN(C2CCN(C(=O)[C@@H](Cc3ccc(Br)c(Br)c3)OC(=O)N3CCC(N4Cc5cscc5NC4=O)CC3)CC2)CC1. The summed E-state index contributed by atoms with van der Waals surface area (Å²) in [6, 6.07) is 6.31. The Morgan fingerprint density at radius 3 is 2.32 bits per heavy atom. The van der Waals surface area contributed by atoms with Gasteiger partial charge in [0.2, 0.25) is 0 Å². The zero-order valence-corrected chi connectivity index (χ0v) is 29.0. The van der Waals surface area contributed by atoms with Crippen molar-refractivity contribution in [2.24, 2.45) is 0 Å². The Labute approximate surface area is 279 Å². The van der Waals surface area contributed by atoms with Crippen LogP contribution in [0.3, 0.4) is 0 Å². The van der Waals surface area contributed by atoms with Gasteiger partial charge in [-0.1, -0.05) is 6.07 Å². The molecule has 3 fully saturated rings. The van der Waals surface area contributed by atoms with Gasteiger partial charge in [-0.25, -0.2) is 9.59 Å². The number of hydrogen-bond donors (Lipinski definition) is 1. The highest BCUT2D eigenvalue weighted by atomic mass is 79.9. The number of nitrogens with one attached hydrogen (secondary N) is 1. The summed E-state index contributed by atoms with van der Waals surface area (Å²) in [5.41, 5.74) is 2.94. The Balaban J connectivity index is 1.07. The standard InChI is InChI=1S/C31H40Br2N6O4S/c1-35-12-14-36(15-13-35)23-4-8-37(9-5-23)29(40)28(17-21-2-3-25(32)26(33)16-21)43-31(42)38-10-6-24(7-11-38)39-18-22-19-44-20-27(22)34-30(39)41/h2-3,16,19-20,23-24,28H,4-15,17-18H2,1H3,(H,34,41)/t28-/m1/s1. The van der Waals surface area contributed by atoms with Crippen molar-refractivity contribution in [3.05, 3.63) is 49.0 Å². The predicted molar refractivity (Wildman–Crippen MR) is 178 cm³/mol. The molecule has 0 aliphatic carbocycles. The molecule has 1 N–H and O–H groups in total. The molecule has 0 unspecified atom stereocenters. The molecule has 3 saturated heterocycles. The van der Waals surface area contributed by atoms with Crippen molar-refractivity contribution in [2.75, 3.05) is 64.7 Å². The Hall–Kier alpha value is -2.19. The summed E-state index contributed by atoms with van der Waals surface area (Å²) in [5, 5.41) is 7.02. The molecule has 1 aromatic heterocycles. The van der Waals surface area contributed by atoms with Gasteiger partial charge in [0.1, 0.15) is 0 Å². The summed E-state index contributed by atoms with van der Waals surface area (Å²) >= 11 is 8.66. The van der Waals surface area contributed by atoms with Gasteiger partial charge in [-0.3, -0.25) is 9.69 Å². The molecule has 1 aromatic carbocycles. The molecule has 238 valence electrons. The number of anilines is 1. The molecule has 10 nitrogen and oxygen atoms in total. The number of rotatable bonds is 6. The fourth-order valence-electron chi connectivity index (χ4n) is 6.75. The number of piperazine rings is 1. The van der Waals surface area contributed by atoms with E-state index in [1.807, 2.05) is 33.4 Å². The Morgan fingerprint density at radius 2 is 1.61 bits per heavy atom. The highest BCUT2D eigenvalue weighted by Gasteiger charge is 2.37. The zero-order chi connectivity index (χ0) is 30.8. The van der Waals surface area contributed by atoms with Crippen molar-refractivity contribution in [1.29, 1.82) is 0 Å². The van der Waals surface area contributed by atoms with Crippen LogP contribution in [0.1, 0.15) is 36.8 Å². The normalized spacial score (nSPS) is 21.6. The Morgan fingerprint density at radius 1 is 0.932 bits per heavy atom. The van der Waals surface area contributed by atoms with E-state index in [0.29, 0.717) is 58.0 Å². The molecule has 6 rings (SSSR count). The minimum atomic E-state index is -0.904. The minimum absolute atomic E-state index is 0.0474. The first-order chi connectivity index (χ1) is 21.2. The first-order valence-electron chi connectivity index (χ1n) is 15.5. The lowest BCUT2D eigenvalue weighted by Gasteiger charge is -2.42. The van der Waals surface area contributed by atoms with Crippen LogP contribution in [0.15, 0.2) is 37.9 Å². The van der Waals surface area contributed by atoms with Gasteiger partial charge in [0, 0.05) is 90.8 Å². The minimum Gasteiger partial charge on any atom is -0.436 e. The highest BCUT2D eigenvalue weighted by Crippen LogP contribution is 2.31. The summed E-state index contributed by atoms with van der Waals surface area (Å²) in [6.07, 6.45) is 2.14. The van der Waals surface area contributed by atoms with Crippen LogP contribution < -0.4 is 5.32 Å². The first kappa shape index (κ1) is 31.8. The molecule has 2 aromatic rings. The van der Waals surface area contributed by atoms with E-state index in [0.717, 1.165) is 64.8 Å². The summed E-state index contributed by atoms with van der Waals surface area (Å²) < 4.78 is 7.84. The Bertz CT molecular complexity index is 1350. The molecule has 4 amide bonds. The number of thiophene rings is 1. The topological polar surface area (TPSA) is 88.7 Å². The van der Waals surface area contributed by atoms with E-state index in [9.17, 15) is 14.4 Å². The van der Waals surface area contributed by atoms with Crippen LogP contribution in [0.4, 0.5) is 15.3 Å². The predicted octanol–water partition coefficient (Wildman–Crippen LogP) is 5.07. The maximum atomic E-state index is 13.9. The maximum absolute atomic E-state index is 13.9. The maximum Gasteiger partial charge on any atom is 0.410 e. The van der Waals surface area contributed by atoms with E-state index in [2.05, 4.69) is 59.4 Å². The van der Waals surface area contributed by atoms with Gasteiger partial charge in [-0.2, -0.15) is 0 Å². The number of benzene rings is 1. The number of carbonyl (C=O) groups is 3. The van der Waals surface area contributed by atoms with Gasteiger partial charge in [0.15, 0.2) is 6.10 Å². The van der Waals surface area contributed by atoms with Crippen LogP contribution in [0.2, 0.25) is 0 Å². The molecule has 0 spiro atoms.